The molecular formula is C33H34F3N5O. The van der Waals surface area contributed by atoms with Crippen molar-refractivity contribution >= 4 is 28.3 Å². The van der Waals surface area contributed by atoms with Crippen LogP contribution in [0.1, 0.15) is 47.2 Å². The third kappa shape index (κ3) is 6.06. The number of hydrogen-bond donors (Lipinski definition) is 2. The first-order valence-corrected chi connectivity index (χ1v) is 14.5. The maximum absolute atomic E-state index is 14.2. The van der Waals surface area contributed by atoms with Gasteiger partial charge in [0, 0.05) is 36.7 Å². The predicted molar refractivity (Wildman–Crippen MR) is 160 cm³/mol. The van der Waals surface area contributed by atoms with Crippen molar-refractivity contribution in [3.63, 3.8) is 0 Å². The number of carbonyl (C=O) groups is 1. The lowest BCUT2D eigenvalue weighted by molar-refractivity contribution is -0.137. The van der Waals surface area contributed by atoms with Crippen LogP contribution in [0.4, 0.5) is 24.7 Å². The molecular weight excluding hydrogens is 539 g/mol. The van der Waals surface area contributed by atoms with Gasteiger partial charge in [0.1, 0.15) is 5.82 Å². The number of benzene rings is 3. The molecule has 0 radical (unpaired) electrons. The van der Waals surface area contributed by atoms with Crippen LogP contribution in [0, 0.1) is 0 Å². The van der Waals surface area contributed by atoms with Gasteiger partial charge in [-0.2, -0.15) is 13.2 Å². The molecule has 9 heteroatoms. The number of hydrogen-bond acceptors (Lipinski definition) is 5. The van der Waals surface area contributed by atoms with E-state index in [0.717, 1.165) is 61.1 Å². The molecule has 3 heterocycles. The van der Waals surface area contributed by atoms with E-state index in [1.165, 1.54) is 25.0 Å². The van der Waals surface area contributed by atoms with Gasteiger partial charge in [0.2, 0.25) is 0 Å². The normalized spacial score (nSPS) is 17.7. The maximum Gasteiger partial charge on any atom is 0.416 e. The maximum atomic E-state index is 14.2. The lowest BCUT2D eigenvalue weighted by Gasteiger charge is -2.29. The fourth-order valence-electron chi connectivity index (χ4n) is 6.11. The van der Waals surface area contributed by atoms with Crippen molar-refractivity contribution in [3.8, 4) is 11.1 Å². The largest absolute Gasteiger partial charge is 0.416 e. The lowest BCUT2D eigenvalue weighted by Crippen LogP contribution is -2.42. The number of nitrogens with one attached hydrogen (secondary N) is 1. The summed E-state index contributed by atoms with van der Waals surface area (Å²) in [5.41, 5.74) is 9.81. The van der Waals surface area contributed by atoms with E-state index < -0.39 is 11.7 Å². The minimum atomic E-state index is -4.38. The minimum absolute atomic E-state index is 0.0218. The molecule has 2 aliphatic rings. The summed E-state index contributed by atoms with van der Waals surface area (Å²) >= 11 is 0. The molecule has 218 valence electrons. The number of nitrogens with two attached hydrogens (primary N) is 1. The molecule has 2 aliphatic heterocycles. The molecule has 6 nitrogen and oxygen atoms in total. The van der Waals surface area contributed by atoms with E-state index in [1.807, 2.05) is 47.4 Å². The standard InChI is InChI=1S/C33H34F3N5O/c34-33(35,36)25-11-8-22(9-12-25)20-38-31-19-29(32(42)41-16-4-7-27(41)21-40-14-1-2-15-40)28-18-24(10-13-30(28)39-31)23-5-3-6-26(37)17-23/h3,5-6,8-13,17-19,27H,1-2,4,7,14-16,20-21,37H2,(H,38,39)/t27-/m0/s1. The molecule has 3 aromatic carbocycles. The van der Waals surface area contributed by atoms with Crippen LogP contribution in [0.2, 0.25) is 0 Å². The quantitative estimate of drug-likeness (QED) is 0.238. The molecule has 1 aromatic heterocycles. The lowest BCUT2D eigenvalue weighted by atomic mass is 9.99. The van der Waals surface area contributed by atoms with Crippen molar-refractivity contribution in [3.05, 3.63) is 89.5 Å². The fraction of sp³-hybridized carbons (Fsp3) is 0.333. The molecule has 42 heavy (non-hydrogen) atoms. The Labute approximate surface area is 243 Å². The molecule has 0 aliphatic carbocycles. The van der Waals surface area contributed by atoms with Crippen LogP contribution in [0.5, 0.6) is 0 Å². The van der Waals surface area contributed by atoms with E-state index in [2.05, 4.69) is 10.2 Å². The summed E-state index contributed by atoms with van der Waals surface area (Å²) in [5.74, 6) is 0.476. The van der Waals surface area contributed by atoms with Gasteiger partial charge in [-0.15, -0.1) is 0 Å². The first kappa shape index (κ1) is 28.0. The van der Waals surface area contributed by atoms with Crippen molar-refractivity contribution in [2.24, 2.45) is 0 Å². The summed E-state index contributed by atoms with van der Waals surface area (Å²) in [4.78, 5) is 23.5. The van der Waals surface area contributed by atoms with Crippen LogP contribution in [0.3, 0.4) is 0 Å². The second kappa shape index (κ2) is 11.6. The molecule has 1 atom stereocenters. The van der Waals surface area contributed by atoms with Gasteiger partial charge in [0.05, 0.1) is 16.6 Å². The highest BCUT2D eigenvalue weighted by Gasteiger charge is 2.33. The molecule has 4 aromatic rings. The van der Waals surface area contributed by atoms with Crippen molar-refractivity contribution < 1.29 is 18.0 Å². The number of amides is 1. The zero-order chi connectivity index (χ0) is 29.3. The molecule has 0 saturated carbocycles. The number of pyridine rings is 1. The first-order chi connectivity index (χ1) is 20.2. The number of carbonyl (C=O) groups excluding carboxylic acids is 1. The van der Waals surface area contributed by atoms with Gasteiger partial charge in [-0.3, -0.25) is 4.79 Å². The molecule has 6 rings (SSSR count). The highest BCUT2D eigenvalue weighted by atomic mass is 19.4. The monoisotopic (exact) mass is 573 g/mol. The summed E-state index contributed by atoms with van der Waals surface area (Å²) in [7, 11) is 0. The van der Waals surface area contributed by atoms with Gasteiger partial charge in [0.25, 0.3) is 5.91 Å². The second-order valence-electron chi connectivity index (χ2n) is 11.3. The van der Waals surface area contributed by atoms with E-state index in [-0.39, 0.29) is 18.5 Å². The Kier molecular flexibility index (Phi) is 7.77. The zero-order valence-electron chi connectivity index (χ0n) is 23.3. The van der Waals surface area contributed by atoms with Gasteiger partial charge in [-0.05, 0) is 97.9 Å². The first-order valence-electron chi connectivity index (χ1n) is 14.5. The number of likely N-dealkylation sites (tertiary alicyclic amines) is 2. The Morgan fingerprint density at radius 1 is 0.929 bits per heavy atom. The fourth-order valence-corrected chi connectivity index (χ4v) is 6.11. The number of aromatic nitrogens is 1. The number of fused-ring (bicyclic) bond motifs is 1. The average molecular weight is 574 g/mol. The number of nitrogen functional groups attached to an aromatic ring is 1. The van der Waals surface area contributed by atoms with Crippen molar-refractivity contribution in [2.75, 3.05) is 37.2 Å². The molecule has 2 fully saturated rings. The third-order valence-electron chi connectivity index (χ3n) is 8.32. The van der Waals surface area contributed by atoms with E-state index >= 15 is 0 Å². The van der Waals surface area contributed by atoms with Gasteiger partial charge in [-0.1, -0.05) is 30.3 Å². The second-order valence-corrected chi connectivity index (χ2v) is 11.3. The molecule has 0 bridgehead atoms. The number of nitrogens with zero attached hydrogens (tertiary/aromatic N) is 3. The Balaban J connectivity index is 1.33. The summed E-state index contributed by atoms with van der Waals surface area (Å²) in [5, 5.41) is 3.99. The highest BCUT2D eigenvalue weighted by molar-refractivity contribution is 6.08. The minimum Gasteiger partial charge on any atom is -0.399 e. The van der Waals surface area contributed by atoms with Crippen molar-refractivity contribution in [1.29, 1.82) is 0 Å². The third-order valence-corrected chi connectivity index (χ3v) is 8.32. The average Bonchev–Trinajstić information content (AvgIpc) is 3.67. The summed E-state index contributed by atoms with van der Waals surface area (Å²) in [6.07, 6.45) is -0.0138. The number of anilines is 2. The van der Waals surface area contributed by atoms with E-state index in [0.29, 0.717) is 34.7 Å². The topological polar surface area (TPSA) is 74.5 Å². The van der Waals surface area contributed by atoms with Crippen LogP contribution < -0.4 is 11.1 Å². The predicted octanol–water partition coefficient (Wildman–Crippen LogP) is 6.82. The molecule has 2 saturated heterocycles. The van der Waals surface area contributed by atoms with Crippen molar-refractivity contribution in [2.45, 2.75) is 44.4 Å². The summed E-state index contributed by atoms with van der Waals surface area (Å²) < 4.78 is 39.0. The van der Waals surface area contributed by atoms with Crippen molar-refractivity contribution in [1.82, 2.24) is 14.8 Å². The van der Waals surface area contributed by atoms with E-state index in [1.54, 1.807) is 6.07 Å². The molecule has 0 spiro atoms. The SMILES string of the molecule is Nc1cccc(-c2ccc3nc(NCc4ccc(C(F)(F)F)cc4)cc(C(=O)N4CCC[C@H]4CN4CCCC4)c3c2)c1. The van der Waals surface area contributed by atoms with Gasteiger partial charge in [0.15, 0.2) is 0 Å². The van der Waals surface area contributed by atoms with Gasteiger partial charge in [-0.25, -0.2) is 4.98 Å². The van der Waals surface area contributed by atoms with Crippen LogP contribution in [-0.4, -0.2) is 52.9 Å². The van der Waals surface area contributed by atoms with E-state index in [9.17, 15) is 18.0 Å². The number of rotatable bonds is 7. The number of halogens is 3. The molecule has 3 N–H and O–H groups in total. The molecule has 0 unspecified atom stereocenters. The Bertz CT molecular complexity index is 1580. The van der Waals surface area contributed by atoms with Crippen LogP contribution in [-0.2, 0) is 12.7 Å². The molecule has 1 amide bonds. The summed E-state index contributed by atoms with van der Waals surface area (Å²) in [6, 6.07) is 20.5. The Hall–Kier alpha value is -4.11. The van der Waals surface area contributed by atoms with Gasteiger partial charge < -0.3 is 20.9 Å². The van der Waals surface area contributed by atoms with Crippen LogP contribution >= 0.6 is 0 Å². The van der Waals surface area contributed by atoms with Crippen LogP contribution in [0.25, 0.3) is 22.0 Å². The van der Waals surface area contributed by atoms with Crippen LogP contribution in [0.15, 0.2) is 72.8 Å². The van der Waals surface area contributed by atoms with E-state index in [4.69, 9.17) is 10.7 Å². The Morgan fingerprint density at radius 3 is 2.43 bits per heavy atom. The van der Waals surface area contributed by atoms with Gasteiger partial charge >= 0.3 is 6.18 Å². The summed E-state index contributed by atoms with van der Waals surface area (Å²) in [6.45, 7) is 4.04. The number of alkyl halides is 3. The zero-order valence-corrected chi connectivity index (χ0v) is 23.3. The highest BCUT2D eigenvalue weighted by Crippen LogP contribution is 2.32. The smallest absolute Gasteiger partial charge is 0.399 e. The Morgan fingerprint density at radius 2 is 1.69 bits per heavy atom.